The highest BCUT2D eigenvalue weighted by molar-refractivity contribution is 5.75. The standard InChI is InChI=1S/C4H6O4.2C3H6O2/c5-3(6)1-2-4(7)8;2*4-1-3-2-5-3/h1-2H2,(H,5,6)(H,7,8);2*3-4H,1-2H2. The molecule has 0 aromatic heterocycles. The first kappa shape index (κ1) is 16.8. The molecule has 2 rings (SSSR count). The molecule has 0 aliphatic carbocycles. The summed E-state index contributed by atoms with van der Waals surface area (Å²) in [5.41, 5.74) is 0. The van der Waals surface area contributed by atoms with E-state index in [9.17, 15) is 9.59 Å². The molecule has 0 amide bonds. The fraction of sp³-hybridized carbons (Fsp3) is 0.800. The number of aliphatic carboxylic acids is 2. The molecule has 0 aromatic carbocycles. The van der Waals surface area contributed by atoms with Gasteiger partial charge in [0, 0.05) is 0 Å². The lowest BCUT2D eigenvalue weighted by molar-refractivity contribution is -0.143. The van der Waals surface area contributed by atoms with Crippen LogP contribution >= 0.6 is 0 Å². The quantitative estimate of drug-likeness (QED) is 0.450. The molecular formula is C10H18O8. The average molecular weight is 266 g/mol. The van der Waals surface area contributed by atoms with Crippen LogP contribution in [0.3, 0.4) is 0 Å². The molecule has 0 radical (unpaired) electrons. The Morgan fingerprint density at radius 2 is 1.17 bits per heavy atom. The predicted octanol–water partition coefficient (Wildman–Crippen LogP) is -1.31. The number of ether oxygens (including phenoxy) is 2. The summed E-state index contributed by atoms with van der Waals surface area (Å²) in [6.07, 6.45) is -0.213. The zero-order chi connectivity index (χ0) is 14.0. The number of carboxylic acid groups (broad SMARTS) is 2. The van der Waals surface area contributed by atoms with Crippen molar-refractivity contribution < 1.29 is 39.5 Å². The molecule has 2 aliphatic rings. The van der Waals surface area contributed by atoms with Gasteiger partial charge in [0.1, 0.15) is 12.2 Å². The maximum absolute atomic E-state index is 9.64. The lowest BCUT2D eigenvalue weighted by Crippen LogP contribution is -2.00. The van der Waals surface area contributed by atoms with E-state index >= 15 is 0 Å². The number of carboxylic acids is 2. The minimum atomic E-state index is -1.08. The number of carbonyl (C=O) groups is 2. The molecule has 8 nitrogen and oxygen atoms in total. The SMILES string of the molecule is O=C(O)CCC(=O)O.OCC1CO1.OCC1CO1. The van der Waals surface area contributed by atoms with E-state index in [0.29, 0.717) is 0 Å². The number of aliphatic hydroxyl groups is 2. The van der Waals surface area contributed by atoms with E-state index in [1.165, 1.54) is 0 Å². The molecule has 2 unspecified atom stereocenters. The van der Waals surface area contributed by atoms with Crippen LogP contribution < -0.4 is 0 Å². The summed E-state index contributed by atoms with van der Waals surface area (Å²) in [5.74, 6) is -2.15. The lowest BCUT2D eigenvalue weighted by Gasteiger charge is -1.85. The number of hydrogen-bond donors (Lipinski definition) is 4. The van der Waals surface area contributed by atoms with Crippen molar-refractivity contribution in [3.05, 3.63) is 0 Å². The zero-order valence-electron chi connectivity index (χ0n) is 9.82. The third-order valence-electron chi connectivity index (χ3n) is 1.76. The monoisotopic (exact) mass is 266 g/mol. The second-order valence-corrected chi connectivity index (χ2v) is 3.56. The van der Waals surface area contributed by atoms with Crippen molar-refractivity contribution in [3.63, 3.8) is 0 Å². The van der Waals surface area contributed by atoms with Crippen LogP contribution in [0.15, 0.2) is 0 Å². The minimum absolute atomic E-state index is 0.190. The van der Waals surface area contributed by atoms with Crippen molar-refractivity contribution in [1.29, 1.82) is 0 Å². The molecule has 2 atom stereocenters. The van der Waals surface area contributed by atoms with Gasteiger partial charge in [-0.05, 0) is 0 Å². The first-order valence-corrected chi connectivity index (χ1v) is 5.38. The van der Waals surface area contributed by atoms with Gasteiger partial charge in [-0.15, -0.1) is 0 Å². The predicted molar refractivity (Wildman–Crippen MR) is 58.2 cm³/mol. The van der Waals surface area contributed by atoms with Gasteiger partial charge >= 0.3 is 11.9 Å². The zero-order valence-corrected chi connectivity index (χ0v) is 9.82. The Kier molecular flexibility index (Phi) is 9.11. The molecule has 2 fully saturated rings. The van der Waals surface area contributed by atoms with Crippen LogP contribution in [0.5, 0.6) is 0 Å². The summed E-state index contributed by atoms with van der Waals surface area (Å²) in [4.78, 5) is 19.3. The topological polar surface area (TPSA) is 140 Å². The van der Waals surface area contributed by atoms with Crippen molar-refractivity contribution in [1.82, 2.24) is 0 Å². The third-order valence-corrected chi connectivity index (χ3v) is 1.76. The summed E-state index contributed by atoms with van der Waals surface area (Å²) >= 11 is 0. The third kappa shape index (κ3) is 14.8. The molecule has 2 aliphatic heterocycles. The summed E-state index contributed by atoms with van der Waals surface area (Å²) < 4.78 is 9.22. The smallest absolute Gasteiger partial charge is 0.303 e. The minimum Gasteiger partial charge on any atom is -0.481 e. The second-order valence-electron chi connectivity index (χ2n) is 3.56. The molecular weight excluding hydrogens is 248 g/mol. The summed E-state index contributed by atoms with van der Waals surface area (Å²) in [6, 6.07) is 0. The molecule has 0 spiro atoms. The fourth-order valence-corrected chi connectivity index (χ4v) is 0.561. The maximum atomic E-state index is 9.64. The van der Waals surface area contributed by atoms with Gasteiger partial charge in [-0.25, -0.2) is 0 Å². The highest BCUT2D eigenvalue weighted by Gasteiger charge is 2.20. The normalized spacial score (nSPS) is 22.8. The van der Waals surface area contributed by atoms with E-state index in [4.69, 9.17) is 20.4 Å². The van der Waals surface area contributed by atoms with E-state index in [0.717, 1.165) is 13.2 Å². The number of hydrogen-bond acceptors (Lipinski definition) is 6. The highest BCUT2D eigenvalue weighted by Crippen LogP contribution is 2.05. The molecule has 0 aromatic rings. The summed E-state index contributed by atoms with van der Waals surface area (Å²) in [5, 5.41) is 32.0. The van der Waals surface area contributed by atoms with Gasteiger partial charge in [0.2, 0.25) is 0 Å². The van der Waals surface area contributed by atoms with E-state index in [1.807, 2.05) is 0 Å². The number of epoxide rings is 2. The van der Waals surface area contributed by atoms with Gasteiger partial charge in [0.25, 0.3) is 0 Å². The molecule has 8 heteroatoms. The summed E-state index contributed by atoms with van der Waals surface area (Å²) in [6.45, 7) is 1.91. The molecule has 0 saturated carbocycles. The van der Waals surface area contributed by atoms with Gasteiger partial charge in [-0.2, -0.15) is 0 Å². The Bertz CT molecular complexity index is 220. The molecule has 106 valence electrons. The fourth-order valence-electron chi connectivity index (χ4n) is 0.561. The molecule has 2 heterocycles. The highest BCUT2D eigenvalue weighted by atomic mass is 16.6. The average Bonchev–Trinajstić information content (AvgIpc) is 3.21. The van der Waals surface area contributed by atoms with Crippen molar-refractivity contribution in [2.24, 2.45) is 0 Å². The van der Waals surface area contributed by atoms with Crippen LogP contribution in [0.25, 0.3) is 0 Å². The van der Waals surface area contributed by atoms with Gasteiger partial charge in [0.15, 0.2) is 0 Å². The van der Waals surface area contributed by atoms with Crippen LogP contribution in [0, 0.1) is 0 Å². The van der Waals surface area contributed by atoms with Gasteiger partial charge in [0.05, 0.1) is 39.3 Å². The Morgan fingerprint density at radius 1 is 0.889 bits per heavy atom. The lowest BCUT2D eigenvalue weighted by atomic mass is 10.3. The van der Waals surface area contributed by atoms with Crippen molar-refractivity contribution in [2.45, 2.75) is 25.0 Å². The van der Waals surface area contributed by atoms with Gasteiger partial charge in [-0.3, -0.25) is 9.59 Å². The number of rotatable bonds is 5. The Morgan fingerprint density at radius 3 is 1.22 bits per heavy atom. The van der Waals surface area contributed by atoms with Crippen molar-refractivity contribution in [3.8, 4) is 0 Å². The van der Waals surface area contributed by atoms with Crippen molar-refractivity contribution in [2.75, 3.05) is 26.4 Å². The maximum Gasteiger partial charge on any atom is 0.303 e. The first-order valence-electron chi connectivity index (χ1n) is 5.38. The second kappa shape index (κ2) is 9.77. The van der Waals surface area contributed by atoms with Crippen molar-refractivity contribution >= 4 is 11.9 Å². The van der Waals surface area contributed by atoms with E-state index in [1.54, 1.807) is 0 Å². The molecule has 0 bridgehead atoms. The van der Waals surface area contributed by atoms with E-state index in [-0.39, 0.29) is 38.3 Å². The van der Waals surface area contributed by atoms with Gasteiger partial charge in [-0.1, -0.05) is 0 Å². The molecule has 4 N–H and O–H groups in total. The molecule has 2 saturated heterocycles. The summed E-state index contributed by atoms with van der Waals surface area (Å²) in [7, 11) is 0. The van der Waals surface area contributed by atoms with Crippen LogP contribution in [0.2, 0.25) is 0 Å². The van der Waals surface area contributed by atoms with Crippen LogP contribution in [-0.4, -0.2) is 71.0 Å². The Labute approximate surface area is 104 Å². The van der Waals surface area contributed by atoms with E-state index in [2.05, 4.69) is 9.47 Å². The van der Waals surface area contributed by atoms with Crippen LogP contribution in [-0.2, 0) is 19.1 Å². The van der Waals surface area contributed by atoms with E-state index < -0.39 is 11.9 Å². The molecule has 18 heavy (non-hydrogen) atoms. The first-order chi connectivity index (χ1) is 8.49. The largest absolute Gasteiger partial charge is 0.481 e. The number of aliphatic hydroxyl groups excluding tert-OH is 2. The Hall–Kier alpha value is -1.22. The van der Waals surface area contributed by atoms with Crippen LogP contribution in [0.4, 0.5) is 0 Å². The Balaban J connectivity index is 0.000000250. The van der Waals surface area contributed by atoms with Crippen LogP contribution in [0.1, 0.15) is 12.8 Å². The van der Waals surface area contributed by atoms with Gasteiger partial charge < -0.3 is 29.9 Å².